The second-order valence-corrected chi connectivity index (χ2v) is 4.02. The molecule has 0 aromatic heterocycles. The fourth-order valence-corrected chi connectivity index (χ4v) is 2.02. The highest BCUT2D eigenvalue weighted by atomic mass is 16.7. The smallest absolute Gasteiger partial charge is 0.246 e. The van der Waals surface area contributed by atoms with E-state index in [9.17, 15) is 4.79 Å². The summed E-state index contributed by atoms with van der Waals surface area (Å²) in [4.78, 5) is 17.2. The van der Waals surface area contributed by atoms with Crippen LogP contribution in [0, 0.1) is 0 Å². The quantitative estimate of drug-likeness (QED) is 0.782. The average Bonchev–Trinajstić information content (AvgIpc) is 2.79. The van der Waals surface area contributed by atoms with Gasteiger partial charge in [-0.15, -0.1) is 0 Å². The number of carbonyl (C=O) groups is 1. The molecule has 16 heavy (non-hydrogen) atoms. The third-order valence-electron chi connectivity index (χ3n) is 2.80. The zero-order chi connectivity index (χ0) is 11.4. The molecule has 0 saturated carbocycles. The molecule has 0 bridgehead atoms. The van der Waals surface area contributed by atoms with Gasteiger partial charge in [-0.25, -0.2) is 5.06 Å². The first-order valence-corrected chi connectivity index (χ1v) is 5.83. The van der Waals surface area contributed by atoms with Crippen LogP contribution in [0.25, 0.3) is 0 Å². The van der Waals surface area contributed by atoms with E-state index < -0.39 is 0 Å². The fraction of sp³-hybridized carbons (Fsp3) is 0.462. The summed E-state index contributed by atoms with van der Waals surface area (Å²) in [6.45, 7) is 2.64. The van der Waals surface area contributed by atoms with Crippen LogP contribution in [0.3, 0.4) is 0 Å². The molecule has 1 fully saturated rings. The molecule has 1 aliphatic heterocycles. The van der Waals surface area contributed by atoms with Crippen LogP contribution in [0.4, 0.5) is 0 Å². The summed E-state index contributed by atoms with van der Waals surface area (Å²) in [5.41, 5.74) is 1.16. The SMILES string of the molecule is CCCC(=O)N1OCCC1c1ccccc1. The Balaban J connectivity index is 2.12. The predicted molar refractivity (Wildman–Crippen MR) is 61.5 cm³/mol. The Hall–Kier alpha value is -1.35. The van der Waals surface area contributed by atoms with Crippen LogP contribution < -0.4 is 0 Å². The lowest BCUT2D eigenvalue weighted by atomic mass is 10.0. The van der Waals surface area contributed by atoms with Crippen molar-refractivity contribution in [1.29, 1.82) is 0 Å². The molecule has 1 aliphatic rings. The Bertz CT molecular complexity index is 350. The van der Waals surface area contributed by atoms with E-state index in [-0.39, 0.29) is 11.9 Å². The molecule has 0 spiro atoms. The maximum atomic E-state index is 11.8. The fourth-order valence-electron chi connectivity index (χ4n) is 2.02. The van der Waals surface area contributed by atoms with Crippen molar-refractivity contribution >= 4 is 5.91 Å². The van der Waals surface area contributed by atoms with Crippen LogP contribution in [0.5, 0.6) is 0 Å². The number of nitrogens with zero attached hydrogens (tertiary/aromatic N) is 1. The minimum Gasteiger partial charge on any atom is -0.273 e. The van der Waals surface area contributed by atoms with Crippen LogP contribution in [0.15, 0.2) is 30.3 Å². The van der Waals surface area contributed by atoms with Gasteiger partial charge in [-0.2, -0.15) is 0 Å². The van der Waals surface area contributed by atoms with E-state index in [0.717, 1.165) is 18.4 Å². The lowest BCUT2D eigenvalue weighted by molar-refractivity contribution is -0.177. The Kier molecular flexibility index (Phi) is 3.57. The number of carbonyl (C=O) groups excluding carboxylic acids is 1. The molecule has 1 saturated heterocycles. The molecule has 1 aromatic rings. The van der Waals surface area contributed by atoms with Gasteiger partial charge in [0.15, 0.2) is 0 Å². The predicted octanol–water partition coefficient (Wildman–Crippen LogP) is 2.69. The molecule has 0 aliphatic carbocycles. The maximum absolute atomic E-state index is 11.8. The monoisotopic (exact) mass is 219 g/mol. The van der Waals surface area contributed by atoms with E-state index in [1.807, 2.05) is 37.3 Å². The van der Waals surface area contributed by atoms with Crippen molar-refractivity contribution in [3.63, 3.8) is 0 Å². The zero-order valence-corrected chi connectivity index (χ0v) is 9.56. The van der Waals surface area contributed by atoms with Crippen molar-refractivity contribution in [2.45, 2.75) is 32.2 Å². The van der Waals surface area contributed by atoms with E-state index in [1.165, 1.54) is 0 Å². The van der Waals surface area contributed by atoms with E-state index in [4.69, 9.17) is 4.84 Å². The van der Waals surface area contributed by atoms with Gasteiger partial charge < -0.3 is 0 Å². The number of amides is 1. The molecule has 86 valence electrons. The standard InChI is InChI=1S/C13H17NO2/c1-2-6-13(15)14-12(9-10-16-14)11-7-4-3-5-8-11/h3-5,7-8,12H,2,6,9-10H2,1H3. The third-order valence-corrected chi connectivity index (χ3v) is 2.80. The molecular formula is C13H17NO2. The largest absolute Gasteiger partial charge is 0.273 e. The maximum Gasteiger partial charge on any atom is 0.246 e. The summed E-state index contributed by atoms with van der Waals surface area (Å²) < 4.78 is 0. The summed E-state index contributed by atoms with van der Waals surface area (Å²) in [7, 11) is 0. The van der Waals surface area contributed by atoms with Crippen LogP contribution in [0.1, 0.15) is 37.8 Å². The first-order valence-electron chi connectivity index (χ1n) is 5.83. The van der Waals surface area contributed by atoms with Gasteiger partial charge in [0, 0.05) is 12.8 Å². The molecule has 3 heteroatoms. The molecule has 3 nitrogen and oxygen atoms in total. The molecule has 1 unspecified atom stereocenters. The van der Waals surface area contributed by atoms with Crippen molar-refractivity contribution in [1.82, 2.24) is 5.06 Å². The average molecular weight is 219 g/mol. The van der Waals surface area contributed by atoms with Crippen molar-refractivity contribution in [2.24, 2.45) is 0 Å². The molecule has 2 rings (SSSR count). The lowest BCUT2D eigenvalue weighted by Crippen LogP contribution is -2.29. The Morgan fingerprint density at radius 3 is 2.88 bits per heavy atom. The lowest BCUT2D eigenvalue weighted by Gasteiger charge is -2.22. The highest BCUT2D eigenvalue weighted by molar-refractivity contribution is 5.75. The van der Waals surface area contributed by atoms with Gasteiger partial charge in [0.25, 0.3) is 0 Å². The molecule has 1 atom stereocenters. The van der Waals surface area contributed by atoms with Crippen LogP contribution in [-0.2, 0) is 9.63 Å². The van der Waals surface area contributed by atoms with E-state index in [0.29, 0.717) is 13.0 Å². The van der Waals surface area contributed by atoms with Gasteiger partial charge in [-0.05, 0) is 12.0 Å². The minimum absolute atomic E-state index is 0.0915. The van der Waals surface area contributed by atoms with Crippen LogP contribution in [0.2, 0.25) is 0 Å². The highest BCUT2D eigenvalue weighted by Gasteiger charge is 2.30. The van der Waals surface area contributed by atoms with Gasteiger partial charge in [0.05, 0.1) is 12.6 Å². The van der Waals surface area contributed by atoms with Gasteiger partial charge in [0.1, 0.15) is 0 Å². The van der Waals surface area contributed by atoms with Gasteiger partial charge in [-0.3, -0.25) is 9.63 Å². The molecule has 0 N–H and O–H groups in total. The third kappa shape index (κ3) is 2.25. The summed E-state index contributed by atoms with van der Waals surface area (Å²) in [6, 6.07) is 10.2. The molecular weight excluding hydrogens is 202 g/mol. The number of benzene rings is 1. The van der Waals surface area contributed by atoms with Crippen LogP contribution >= 0.6 is 0 Å². The number of hydrogen-bond donors (Lipinski definition) is 0. The van der Waals surface area contributed by atoms with Crippen molar-refractivity contribution < 1.29 is 9.63 Å². The second-order valence-electron chi connectivity index (χ2n) is 4.02. The normalized spacial score (nSPS) is 20.1. The molecule has 0 radical (unpaired) electrons. The first kappa shape index (κ1) is 11.1. The van der Waals surface area contributed by atoms with Crippen molar-refractivity contribution in [3.05, 3.63) is 35.9 Å². The molecule has 1 aromatic carbocycles. The molecule has 1 amide bonds. The number of rotatable bonds is 3. The van der Waals surface area contributed by atoms with Crippen LogP contribution in [-0.4, -0.2) is 17.6 Å². The van der Waals surface area contributed by atoms with Gasteiger partial charge >= 0.3 is 0 Å². The topological polar surface area (TPSA) is 29.5 Å². The van der Waals surface area contributed by atoms with E-state index in [1.54, 1.807) is 5.06 Å². The van der Waals surface area contributed by atoms with Crippen molar-refractivity contribution in [3.8, 4) is 0 Å². The van der Waals surface area contributed by atoms with E-state index in [2.05, 4.69) is 0 Å². The number of hydroxylamine groups is 2. The summed E-state index contributed by atoms with van der Waals surface area (Å²) in [5.74, 6) is 0.0915. The molecule has 1 heterocycles. The Morgan fingerprint density at radius 2 is 2.19 bits per heavy atom. The van der Waals surface area contributed by atoms with Gasteiger partial charge in [-0.1, -0.05) is 37.3 Å². The number of hydrogen-bond acceptors (Lipinski definition) is 2. The second kappa shape index (κ2) is 5.12. The summed E-state index contributed by atoms with van der Waals surface area (Å²) >= 11 is 0. The summed E-state index contributed by atoms with van der Waals surface area (Å²) in [5, 5.41) is 1.55. The highest BCUT2D eigenvalue weighted by Crippen LogP contribution is 2.30. The Morgan fingerprint density at radius 1 is 1.44 bits per heavy atom. The van der Waals surface area contributed by atoms with Crippen molar-refractivity contribution in [2.75, 3.05) is 6.61 Å². The first-order chi connectivity index (χ1) is 7.83. The van der Waals surface area contributed by atoms with Gasteiger partial charge in [0.2, 0.25) is 5.91 Å². The minimum atomic E-state index is 0.0915. The Labute approximate surface area is 96.0 Å². The summed E-state index contributed by atoms with van der Waals surface area (Å²) in [6.07, 6.45) is 2.31. The zero-order valence-electron chi connectivity index (χ0n) is 9.56. The van der Waals surface area contributed by atoms with E-state index >= 15 is 0 Å².